The molecule has 1 N–H and O–H groups in total. The highest BCUT2D eigenvalue weighted by Gasteiger charge is 2.23. The van der Waals surface area contributed by atoms with Gasteiger partial charge in [0.15, 0.2) is 0 Å². The van der Waals surface area contributed by atoms with Crippen LogP contribution in [0, 0.1) is 0 Å². The zero-order valence-corrected chi connectivity index (χ0v) is 11.8. The Morgan fingerprint density at radius 3 is 2.65 bits per heavy atom. The minimum absolute atomic E-state index is 0.138. The van der Waals surface area contributed by atoms with E-state index in [4.69, 9.17) is 4.74 Å². The van der Waals surface area contributed by atoms with Crippen molar-refractivity contribution in [3.63, 3.8) is 0 Å². The predicted octanol–water partition coefficient (Wildman–Crippen LogP) is 2.28. The van der Waals surface area contributed by atoms with Crippen molar-refractivity contribution in [1.29, 1.82) is 0 Å². The molecule has 0 radical (unpaired) electrons. The summed E-state index contributed by atoms with van der Waals surface area (Å²) in [5.74, 6) is 1.06. The molecule has 1 aromatic heterocycles. The summed E-state index contributed by atoms with van der Waals surface area (Å²) in [6.45, 7) is 1.69. The number of ether oxygens (including phenoxy) is 1. The van der Waals surface area contributed by atoms with Crippen LogP contribution in [0.1, 0.15) is 30.3 Å². The van der Waals surface area contributed by atoms with Crippen LogP contribution in [0.3, 0.4) is 0 Å². The van der Waals surface area contributed by atoms with Crippen molar-refractivity contribution >= 4 is 0 Å². The molecule has 0 amide bonds. The van der Waals surface area contributed by atoms with E-state index in [0.717, 1.165) is 31.9 Å². The highest BCUT2D eigenvalue weighted by molar-refractivity contribution is 5.25. The molecule has 1 fully saturated rings. The van der Waals surface area contributed by atoms with Crippen molar-refractivity contribution < 1.29 is 4.74 Å². The first-order valence-corrected chi connectivity index (χ1v) is 7.20. The molecule has 0 unspecified atom stereocenters. The highest BCUT2D eigenvalue weighted by atomic mass is 16.5. The summed E-state index contributed by atoms with van der Waals surface area (Å²) in [6, 6.07) is 11.2. The number of hydrogen-bond donors (Lipinski definition) is 1. The van der Waals surface area contributed by atoms with Gasteiger partial charge >= 0.3 is 0 Å². The maximum atomic E-state index is 5.44. The molecule has 1 aliphatic rings. The Hall–Kier alpha value is -1.65. The summed E-state index contributed by atoms with van der Waals surface area (Å²) in [4.78, 5) is 4.53. The van der Waals surface area contributed by atoms with Crippen LogP contribution in [0.2, 0.25) is 0 Å². The van der Waals surface area contributed by atoms with E-state index in [1.165, 1.54) is 5.56 Å². The summed E-state index contributed by atoms with van der Waals surface area (Å²) >= 11 is 0. The van der Waals surface area contributed by atoms with Gasteiger partial charge in [-0.05, 0) is 18.4 Å². The van der Waals surface area contributed by atoms with E-state index in [2.05, 4.69) is 39.1 Å². The van der Waals surface area contributed by atoms with Gasteiger partial charge in [-0.1, -0.05) is 30.3 Å². The molecule has 2 aromatic rings. The molecule has 106 valence electrons. The molecule has 0 saturated carbocycles. The van der Waals surface area contributed by atoms with Crippen molar-refractivity contribution in [3.8, 4) is 0 Å². The van der Waals surface area contributed by atoms with Gasteiger partial charge < -0.3 is 14.6 Å². The fraction of sp³-hybridized carbons (Fsp3) is 0.438. The number of aryl methyl sites for hydroxylation is 1. The Kier molecular flexibility index (Phi) is 4.14. The van der Waals surface area contributed by atoms with E-state index in [0.29, 0.717) is 6.04 Å². The lowest BCUT2D eigenvalue weighted by atomic mass is 10.0. The molecular formula is C16H21N3O. The summed E-state index contributed by atoms with van der Waals surface area (Å²) in [6.07, 6.45) is 5.98. The molecule has 0 aliphatic carbocycles. The monoisotopic (exact) mass is 271 g/mol. The first-order chi connectivity index (χ1) is 9.84. The molecule has 20 heavy (non-hydrogen) atoms. The molecule has 1 aliphatic heterocycles. The molecule has 1 aromatic carbocycles. The molecule has 1 atom stereocenters. The van der Waals surface area contributed by atoms with E-state index >= 15 is 0 Å². The van der Waals surface area contributed by atoms with E-state index in [1.807, 2.05) is 25.5 Å². The summed E-state index contributed by atoms with van der Waals surface area (Å²) in [7, 11) is 2.05. The molecule has 0 spiro atoms. The van der Waals surface area contributed by atoms with Crippen molar-refractivity contribution in [2.24, 2.45) is 7.05 Å². The molecule has 4 nitrogen and oxygen atoms in total. The molecule has 4 heteroatoms. The van der Waals surface area contributed by atoms with Gasteiger partial charge in [-0.15, -0.1) is 0 Å². The summed E-state index contributed by atoms with van der Waals surface area (Å²) in [5, 5.41) is 3.75. The standard InChI is InChI=1S/C16H21N3O/c1-19-10-9-17-16(19)15(13-5-3-2-4-6-13)18-14-7-11-20-12-8-14/h2-6,9-10,14-15,18H,7-8,11-12H2,1H3/t15-/m1/s1. The van der Waals surface area contributed by atoms with Crippen LogP contribution < -0.4 is 5.32 Å². The molecule has 1 saturated heterocycles. The van der Waals surface area contributed by atoms with Gasteiger partial charge in [0.2, 0.25) is 0 Å². The second kappa shape index (κ2) is 6.20. The Morgan fingerprint density at radius 1 is 1.25 bits per heavy atom. The zero-order chi connectivity index (χ0) is 13.8. The maximum absolute atomic E-state index is 5.44. The van der Waals surface area contributed by atoms with Gasteiger partial charge in [-0.3, -0.25) is 0 Å². The smallest absolute Gasteiger partial charge is 0.130 e. The number of benzene rings is 1. The molecule has 0 bridgehead atoms. The van der Waals surface area contributed by atoms with E-state index < -0.39 is 0 Å². The summed E-state index contributed by atoms with van der Waals surface area (Å²) < 4.78 is 7.53. The Labute approximate surface area is 119 Å². The minimum atomic E-state index is 0.138. The van der Waals surface area contributed by atoms with Gasteiger partial charge in [-0.2, -0.15) is 0 Å². The maximum Gasteiger partial charge on any atom is 0.130 e. The fourth-order valence-corrected chi connectivity index (χ4v) is 2.72. The van der Waals surface area contributed by atoms with Crippen LogP contribution in [0.4, 0.5) is 0 Å². The Morgan fingerprint density at radius 2 is 2.00 bits per heavy atom. The van der Waals surface area contributed by atoms with Gasteiger partial charge in [0.1, 0.15) is 5.82 Å². The van der Waals surface area contributed by atoms with Crippen LogP contribution in [0.25, 0.3) is 0 Å². The zero-order valence-electron chi connectivity index (χ0n) is 11.8. The molecule has 3 rings (SSSR count). The quantitative estimate of drug-likeness (QED) is 0.927. The number of aromatic nitrogens is 2. The van der Waals surface area contributed by atoms with Gasteiger partial charge in [0, 0.05) is 38.7 Å². The Balaban J connectivity index is 1.85. The third kappa shape index (κ3) is 2.92. The van der Waals surface area contributed by atoms with Crippen molar-refractivity contribution in [2.45, 2.75) is 24.9 Å². The van der Waals surface area contributed by atoms with Crippen LogP contribution in [-0.2, 0) is 11.8 Å². The van der Waals surface area contributed by atoms with Gasteiger partial charge in [0.25, 0.3) is 0 Å². The number of rotatable bonds is 4. The number of hydrogen-bond acceptors (Lipinski definition) is 3. The average molecular weight is 271 g/mol. The SMILES string of the molecule is Cn1ccnc1[C@H](NC1CCOCC1)c1ccccc1. The normalized spacial score (nSPS) is 18.1. The minimum Gasteiger partial charge on any atom is -0.381 e. The average Bonchev–Trinajstić information content (AvgIpc) is 2.93. The van der Waals surface area contributed by atoms with Crippen molar-refractivity contribution in [2.75, 3.05) is 13.2 Å². The first kappa shape index (κ1) is 13.3. The summed E-state index contributed by atoms with van der Waals surface area (Å²) in [5.41, 5.74) is 1.26. The molecule has 2 heterocycles. The van der Waals surface area contributed by atoms with E-state index in [1.54, 1.807) is 0 Å². The fourth-order valence-electron chi connectivity index (χ4n) is 2.72. The Bertz CT molecular complexity index is 532. The second-order valence-electron chi connectivity index (χ2n) is 5.29. The van der Waals surface area contributed by atoms with E-state index in [9.17, 15) is 0 Å². The van der Waals surface area contributed by atoms with Gasteiger partial charge in [-0.25, -0.2) is 4.98 Å². The lowest BCUT2D eigenvalue weighted by Gasteiger charge is -2.28. The third-order valence-corrected chi connectivity index (χ3v) is 3.87. The van der Waals surface area contributed by atoms with Crippen LogP contribution >= 0.6 is 0 Å². The van der Waals surface area contributed by atoms with Gasteiger partial charge in [0.05, 0.1) is 6.04 Å². The number of nitrogens with one attached hydrogen (secondary N) is 1. The number of nitrogens with zero attached hydrogens (tertiary/aromatic N) is 2. The van der Waals surface area contributed by atoms with Crippen molar-refractivity contribution in [3.05, 3.63) is 54.1 Å². The first-order valence-electron chi connectivity index (χ1n) is 7.20. The van der Waals surface area contributed by atoms with Crippen molar-refractivity contribution in [1.82, 2.24) is 14.9 Å². The molecular weight excluding hydrogens is 250 g/mol. The topological polar surface area (TPSA) is 39.1 Å². The third-order valence-electron chi connectivity index (χ3n) is 3.87. The second-order valence-corrected chi connectivity index (χ2v) is 5.29. The van der Waals surface area contributed by atoms with Crippen LogP contribution in [-0.4, -0.2) is 28.8 Å². The van der Waals surface area contributed by atoms with Crippen LogP contribution in [0.5, 0.6) is 0 Å². The lowest BCUT2D eigenvalue weighted by molar-refractivity contribution is 0.0757. The highest BCUT2D eigenvalue weighted by Crippen LogP contribution is 2.22. The van der Waals surface area contributed by atoms with E-state index in [-0.39, 0.29) is 6.04 Å². The lowest BCUT2D eigenvalue weighted by Crippen LogP contribution is -2.38. The number of imidazole rings is 1. The largest absolute Gasteiger partial charge is 0.381 e. The van der Waals surface area contributed by atoms with Crippen LogP contribution in [0.15, 0.2) is 42.7 Å². The predicted molar refractivity (Wildman–Crippen MR) is 78.5 cm³/mol.